The molecule has 41 heavy (non-hydrogen) atoms. The van der Waals surface area contributed by atoms with Gasteiger partial charge in [-0.15, -0.1) is 0 Å². The number of hydrogen-bond donors (Lipinski definition) is 3. The summed E-state index contributed by atoms with van der Waals surface area (Å²) in [5.41, 5.74) is 2.48. The van der Waals surface area contributed by atoms with Crippen LogP contribution >= 0.6 is 0 Å². The van der Waals surface area contributed by atoms with Gasteiger partial charge in [-0.3, -0.25) is 9.89 Å². The van der Waals surface area contributed by atoms with Gasteiger partial charge in [0.2, 0.25) is 9.84 Å². The number of nitrogens with zero attached hydrogens (tertiary/aromatic N) is 3. The Bertz CT molecular complexity index is 1640. The maximum atomic E-state index is 13.7. The molecule has 0 radical (unpaired) electrons. The second-order valence-electron chi connectivity index (χ2n) is 10.1. The van der Waals surface area contributed by atoms with E-state index in [1.807, 2.05) is 40.2 Å². The zero-order valence-electron chi connectivity index (χ0n) is 23.7. The van der Waals surface area contributed by atoms with E-state index < -0.39 is 21.6 Å². The predicted octanol–water partition coefficient (Wildman–Crippen LogP) is 4.23. The van der Waals surface area contributed by atoms with E-state index in [4.69, 9.17) is 4.74 Å². The molecule has 1 heterocycles. The molecule has 0 saturated heterocycles. The van der Waals surface area contributed by atoms with Crippen molar-refractivity contribution in [1.29, 1.82) is 0 Å². The number of rotatable bonds is 12. The highest BCUT2D eigenvalue weighted by atomic mass is 32.2. The van der Waals surface area contributed by atoms with Crippen LogP contribution in [-0.2, 0) is 14.6 Å². The number of likely N-dealkylation sites (N-methyl/N-ethyl adjacent to an activating group) is 2. The van der Waals surface area contributed by atoms with Gasteiger partial charge in [0.1, 0.15) is 5.82 Å². The number of anilines is 3. The number of hydrogen-bond acceptors (Lipinski definition) is 8. The summed E-state index contributed by atoms with van der Waals surface area (Å²) >= 11 is 0. The highest BCUT2D eigenvalue weighted by Gasteiger charge is 2.22. The molecule has 218 valence electrons. The third kappa shape index (κ3) is 7.02. The van der Waals surface area contributed by atoms with E-state index in [-0.39, 0.29) is 21.7 Å². The second-order valence-corrected chi connectivity index (χ2v) is 12.1. The van der Waals surface area contributed by atoms with Gasteiger partial charge in [0.15, 0.2) is 5.82 Å². The molecule has 4 aromatic rings. The van der Waals surface area contributed by atoms with Gasteiger partial charge >= 0.3 is 0 Å². The Kier molecular flexibility index (Phi) is 9.26. The number of fused-ring (bicyclic) bond motifs is 1. The number of halogens is 1. The minimum atomic E-state index is -4.00. The highest BCUT2D eigenvalue weighted by Crippen LogP contribution is 2.30. The highest BCUT2D eigenvalue weighted by molar-refractivity contribution is 7.91. The van der Waals surface area contributed by atoms with Crippen LogP contribution in [-0.4, -0.2) is 83.4 Å². The number of sulfone groups is 1. The molecule has 1 atom stereocenters. The summed E-state index contributed by atoms with van der Waals surface area (Å²) in [6.07, 6.45) is 0. The Balaban J connectivity index is 1.65. The number of ether oxygens (including phenoxy) is 1. The maximum Gasteiger partial charge on any atom is 0.258 e. The Hall–Kier alpha value is -4.00. The van der Waals surface area contributed by atoms with Crippen LogP contribution in [0.4, 0.5) is 21.6 Å². The fourth-order valence-electron chi connectivity index (χ4n) is 4.32. The lowest BCUT2D eigenvalue weighted by molar-refractivity contribution is 0.102. The lowest BCUT2D eigenvalue weighted by Crippen LogP contribution is -2.29. The molecule has 0 fully saturated rings. The van der Waals surface area contributed by atoms with Crippen molar-refractivity contribution in [3.63, 3.8) is 0 Å². The fraction of sp³-hybridized carbons (Fsp3) is 0.310. The van der Waals surface area contributed by atoms with Crippen LogP contribution in [0.5, 0.6) is 0 Å². The largest absolute Gasteiger partial charge is 0.383 e. The van der Waals surface area contributed by atoms with E-state index in [0.717, 1.165) is 24.8 Å². The molecule has 0 saturated carbocycles. The number of H-pyrrole nitrogens is 1. The van der Waals surface area contributed by atoms with Crippen molar-refractivity contribution in [3.05, 3.63) is 72.0 Å². The normalized spacial score (nSPS) is 12.5. The maximum absolute atomic E-state index is 13.7. The van der Waals surface area contributed by atoms with Crippen LogP contribution in [0.2, 0.25) is 0 Å². The smallest absolute Gasteiger partial charge is 0.258 e. The SMILES string of the molecule is COC[C@H](C)Nc1cc(N(C)CCN(C)C)ccc1C(=O)Nc1n[nH]c2ccc(S(=O)(=O)c3cccc(F)c3)cc12. The van der Waals surface area contributed by atoms with E-state index >= 15 is 0 Å². The number of aromatic nitrogens is 2. The van der Waals surface area contributed by atoms with Gasteiger partial charge < -0.3 is 25.2 Å². The summed E-state index contributed by atoms with van der Waals surface area (Å²) in [5, 5.41) is 13.6. The van der Waals surface area contributed by atoms with Gasteiger partial charge in [0.25, 0.3) is 5.91 Å². The van der Waals surface area contributed by atoms with Crippen LogP contribution in [0.1, 0.15) is 17.3 Å². The van der Waals surface area contributed by atoms with Crippen molar-refractivity contribution in [3.8, 4) is 0 Å². The van der Waals surface area contributed by atoms with Crippen molar-refractivity contribution in [2.24, 2.45) is 0 Å². The summed E-state index contributed by atoms with van der Waals surface area (Å²) in [6.45, 7) is 4.06. The number of carbonyl (C=O) groups is 1. The first kappa shape index (κ1) is 30.0. The molecule has 0 aliphatic carbocycles. The summed E-state index contributed by atoms with van der Waals surface area (Å²) in [7, 11) is 3.63. The number of aromatic amines is 1. The van der Waals surface area contributed by atoms with Crippen LogP contribution in [0.15, 0.2) is 70.5 Å². The van der Waals surface area contributed by atoms with Gasteiger partial charge in [0, 0.05) is 50.0 Å². The predicted molar refractivity (Wildman–Crippen MR) is 159 cm³/mol. The summed E-state index contributed by atoms with van der Waals surface area (Å²) in [5.74, 6) is -0.904. The zero-order valence-corrected chi connectivity index (χ0v) is 24.5. The number of benzene rings is 3. The van der Waals surface area contributed by atoms with Crippen LogP contribution in [0.3, 0.4) is 0 Å². The Morgan fingerprint density at radius 1 is 1.05 bits per heavy atom. The molecular formula is C29H35FN6O4S. The number of methoxy groups -OCH3 is 1. The molecular weight excluding hydrogens is 547 g/mol. The van der Waals surface area contributed by atoms with Gasteiger partial charge in [-0.2, -0.15) is 5.10 Å². The lowest BCUT2D eigenvalue weighted by Gasteiger charge is -2.24. The molecule has 0 unspecified atom stereocenters. The first-order valence-corrected chi connectivity index (χ1v) is 14.5. The topological polar surface area (TPSA) is 120 Å². The van der Waals surface area contributed by atoms with E-state index in [1.165, 1.54) is 30.3 Å². The van der Waals surface area contributed by atoms with Crippen molar-refractivity contribution >= 4 is 43.8 Å². The average molecular weight is 583 g/mol. The van der Waals surface area contributed by atoms with Crippen molar-refractivity contribution in [2.45, 2.75) is 22.8 Å². The average Bonchev–Trinajstić information content (AvgIpc) is 3.33. The summed E-state index contributed by atoms with van der Waals surface area (Å²) < 4.78 is 45.3. The number of amides is 1. The van der Waals surface area contributed by atoms with Gasteiger partial charge in [-0.1, -0.05) is 6.07 Å². The minimum absolute atomic E-state index is 0.0478. The minimum Gasteiger partial charge on any atom is -0.383 e. The van der Waals surface area contributed by atoms with Crippen LogP contribution < -0.4 is 15.5 Å². The van der Waals surface area contributed by atoms with Gasteiger partial charge in [0.05, 0.1) is 27.5 Å². The molecule has 0 aliphatic rings. The second kappa shape index (κ2) is 12.7. The van der Waals surface area contributed by atoms with Crippen LogP contribution in [0, 0.1) is 5.82 Å². The standard InChI is InChI=1S/C29H35FN6O4S/c1-19(18-40-5)31-27-16-21(36(4)14-13-35(2)3)9-11-24(27)29(37)32-28-25-17-23(10-12-26(25)33-34-28)41(38,39)22-8-6-7-20(30)15-22/h6-12,15-17,19,31H,13-14,18H2,1-5H3,(H2,32,33,34,37)/t19-/m0/s1. The monoisotopic (exact) mass is 582 g/mol. The molecule has 1 aromatic heterocycles. The van der Waals surface area contributed by atoms with Crippen molar-refractivity contribution < 1.29 is 22.3 Å². The first-order valence-electron chi connectivity index (χ1n) is 13.0. The Morgan fingerprint density at radius 2 is 1.80 bits per heavy atom. The van der Waals surface area contributed by atoms with E-state index in [1.54, 1.807) is 19.2 Å². The quantitative estimate of drug-likeness (QED) is 0.227. The third-order valence-corrected chi connectivity index (χ3v) is 8.32. The van der Waals surface area contributed by atoms with Gasteiger partial charge in [-0.25, -0.2) is 12.8 Å². The molecule has 3 N–H and O–H groups in total. The third-order valence-electron chi connectivity index (χ3n) is 6.57. The first-order chi connectivity index (χ1) is 19.5. The Labute approximate surface area is 239 Å². The molecule has 1 amide bonds. The number of nitrogens with one attached hydrogen (secondary N) is 3. The van der Waals surface area contributed by atoms with Crippen molar-refractivity contribution in [2.75, 3.05) is 63.5 Å². The van der Waals surface area contributed by atoms with E-state index in [2.05, 4.69) is 30.6 Å². The molecule has 10 nitrogen and oxygen atoms in total. The van der Waals surface area contributed by atoms with Gasteiger partial charge in [-0.05, 0) is 75.6 Å². The molecule has 0 bridgehead atoms. The van der Waals surface area contributed by atoms with Crippen molar-refractivity contribution in [1.82, 2.24) is 15.1 Å². The van der Waals surface area contributed by atoms with E-state index in [0.29, 0.717) is 28.8 Å². The number of carbonyl (C=O) groups excluding carboxylic acids is 1. The van der Waals surface area contributed by atoms with Crippen LogP contribution in [0.25, 0.3) is 10.9 Å². The zero-order chi connectivity index (χ0) is 29.7. The molecule has 12 heteroatoms. The summed E-state index contributed by atoms with van der Waals surface area (Å²) in [4.78, 5) is 17.5. The molecule has 0 spiro atoms. The molecule has 0 aliphatic heterocycles. The van der Waals surface area contributed by atoms with E-state index in [9.17, 15) is 17.6 Å². The lowest BCUT2D eigenvalue weighted by atomic mass is 10.1. The molecule has 3 aromatic carbocycles. The molecule has 4 rings (SSSR count). The Morgan fingerprint density at radius 3 is 2.51 bits per heavy atom. The summed E-state index contributed by atoms with van der Waals surface area (Å²) in [6, 6.07) is 14.7. The fourth-order valence-corrected chi connectivity index (χ4v) is 5.64.